The van der Waals surface area contributed by atoms with Crippen molar-refractivity contribution < 1.29 is 4.79 Å². The minimum absolute atomic E-state index is 0.275. The molecule has 0 aliphatic heterocycles. The van der Waals surface area contributed by atoms with Crippen LogP contribution in [0.4, 0.5) is 0 Å². The van der Waals surface area contributed by atoms with Crippen molar-refractivity contribution in [3.63, 3.8) is 0 Å². The van der Waals surface area contributed by atoms with Crippen molar-refractivity contribution in [2.45, 2.75) is 18.3 Å². The molecule has 0 bridgehead atoms. The molecule has 0 amide bonds. The number of nitrogens with zero attached hydrogens (tertiary/aromatic N) is 2. The topological polar surface area (TPSA) is 64.7 Å². The van der Waals surface area contributed by atoms with Crippen LogP contribution >= 0.6 is 0 Å². The van der Waals surface area contributed by atoms with Gasteiger partial charge in [0.05, 0.1) is 12.1 Å². The number of hydrogen-bond acceptors (Lipinski definition) is 3. The first-order chi connectivity index (χ1) is 11.8. The Kier molecular flexibility index (Phi) is 4.27. The van der Waals surface area contributed by atoms with E-state index in [1.807, 2.05) is 66.7 Å². The number of rotatable bonds is 3. The third kappa shape index (κ3) is 2.41. The summed E-state index contributed by atoms with van der Waals surface area (Å²) in [4.78, 5) is 11.6. The molecule has 0 fully saturated rings. The smallest absolute Gasteiger partial charge is 0.161 e. The van der Waals surface area contributed by atoms with Crippen LogP contribution in [0.5, 0.6) is 0 Å². The highest BCUT2D eigenvalue weighted by Gasteiger charge is 2.51. The van der Waals surface area contributed by atoms with Crippen molar-refractivity contribution in [3.8, 4) is 12.1 Å². The summed E-state index contributed by atoms with van der Waals surface area (Å²) in [5.74, 6) is -0.826. The zero-order valence-electron chi connectivity index (χ0n) is 13.1. The molecular weight excluding hydrogens is 296 g/mol. The molecule has 0 unspecified atom stereocenters. The lowest BCUT2D eigenvalue weighted by molar-refractivity contribution is -0.105. The normalized spacial score (nSPS) is 21.8. The van der Waals surface area contributed by atoms with Crippen molar-refractivity contribution in [3.05, 3.63) is 83.4 Å². The largest absolute Gasteiger partial charge is 0.298 e. The lowest BCUT2D eigenvalue weighted by Crippen LogP contribution is -2.37. The van der Waals surface area contributed by atoms with Crippen LogP contribution in [-0.4, -0.2) is 6.29 Å². The van der Waals surface area contributed by atoms with Crippen molar-refractivity contribution in [2.24, 2.45) is 5.41 Å². The lowest BCUT2D eigenvalue weighted by atomic mass is 9.58. The summed E-state index contributed by atoms with van der Waals surface area (Å²) >= 11 is 0. The maximum atomic E-state index is 11.6. The highest BCUT2D eigenvalue weighted by atomic mass is 16.1. The average Bonchev–Trinajstić information content (AvgIpc) is 2.68. The fourth-order valence-corrected chi connectivity index (χ4v) is 3.63. The fourth-order valence-electron chi connectivity index (χ4n) is 3.63. The monoisotopic (exact) mass is 312 g/mol. The van der Waals surface area contributed by atoms with Gasteiger partial charge in [-0.15, -0.1) is 0 Å². The number of carbonyl (C=O) groups excluding carboxylic acids is 1. The Bertz CT molecular complexity index is 827. The van der Waals surface area contributed by atoms with E-state index in [2.05, 4.69) is 12.1 Å². The minimum Gasteiger partial charge on any atom is -0.298 e. The number of hydrogen-bond donors (Lipinski definition) is 0. The van der Waals surface area contributed by atoms with Crippen LogP contribution in [0.2, 0.25) is 0 Å². The fraction of sp³-hybridized carbons (Fsp3) is 0.190. The van der Waals surface area contributed by atoms with E-state index in [1.54, 1.807) is 0 Å². The van der Waals surface area contributed by atoms with Gasteiger partial charge in [-0.3, -0.25) is 4.79 Å². The summed E-state index contributed by atoms with van der Waals surface area (Å²) < 4.78 is 0. The molecular formula is C21H16N2O. The summed E-state index contributed by atoms with van der Waals surface area (Å²) in [5, 5.41) is 20.0. The maximum Gasteiger partial charge on any atom is 0.161 e. The van der Waals surface area contributed by atoms with E-state index in [1.165, 1.54) is 0 Å². The number of aldehydes is 1. The zero-order chi connectivity index (χ0) is 17.0. The van der Waals surface area contributed by atoms with Crippen molar-refractivity contribution in [2.75, 3.05) is 0 Å². The second-order valence-corrected chi connectivity index (χ2v) is 5.96. The number of carbonyl (C=O) groups is 1. The van der Waals surface area contributed by atoms with Gasteiger partial charge in [0.2, 0.25) is 0 Å². The summed E-state index contributed by atoms with van der Waals surface area (Å²) in [6, 6.07) is 23.5. The Hall–Kier alpha value is -3.17. The van der Waals surface area contributed by atoms with E-state index in [-0.39, 0.29) is 5.92 Å². The van der Waals surface area contributed by atoms with Crippen molar-refractivity contribution in [1.82, 2.24) is 0 Å². The van der Waals surface area contributed by atoms with Gasteiger partial charge in [0.15, 0.2) is 5.41 Å². The number of nitriles is 2. The molecule has 0 heterocycles. The number of allylic oxidation sites excluding steroid dienone is 2. The number of benzene rings is 2. The molecule has 2 atom stereocenters. The highest BCUT2D eigenvalue weighted by Crippen LogP contribution is 2.54. The Morgan fingerprint density at radius 3 is 1.96 bits per heavy atom. The van der Waals surface area contributed by atoms with Crippen LogP contribution < -0.4 is 0 Å². The molecule has 1 aliphatic rings. The average molecular weight is 312 g/mol. The van der Waals surface area contributed by atoms with E-state index in [9.17, 15) is 15.3 Å². The molecule has 0 spiro atoms. The molecule has 0 aromatic heterocycles. The predicted molar refractivity (Wildman–Crippen MR) is 90.8 cm³/mol. The Labute approximate surface area is 141 Å². The Morgan fingerprint density at radius 1 is 0.917 bits per heavy atom. The maximum absolute atomic E-state index is 11.6. The molecule has 116 valence electrons. The Morgan fingerprint density at radius 2 is 1.46 bits per heavy atom. The molecule has 2 aromatic rings. The van der Waals surface area contributed by atoms with Gasteiger partial charge in [-0.1, -0.05) is 66.7 Å². The third-order valence-electron chi connectivity index (χ3n) is 4.77. The summed E-state index contributed by atoms with van der Waals surface area (Å²) in [5.41, 5.74) is 0.965. The second-order valence-electron chi connectivity index (χ2n) is 5.96. The molecule has 0 N–H and O–H groups in total. The van der Waals surface area contributed by atoms with Crippen molar-refractivity contribution in [1.29, 1.82) is 10.5 Å². The molecule has 3 heteroatoms. The van der Waals surface area contributed by atoms with Crippen LogP contribution in [0.3, 0.4) is 0 Å². The SMILES string of the molecule is N#CC1(C#N)[C@H](c2ccccc2)CC=C(C=O)[C@H]1c1ccccc1. The van der Waals surface area contributed by atoms with Gasteiger partial charge in [0.1, 0.15) is 6.29 Å². The van der Waals surface area contributed by atoms with Crippen LogP contribution in [0.1, 0.15) is 29.4 Å². The van der Waals surface area contributed by atoms with Gasteiger partial charge in [-0.05, 0) is 23.1 Å². The Balaban J connectivity index is 2.23. The first-order valence-corrected chi connectivity index (χ1v) is 7.84. The van der Waals surface area contributed by atoms with Gasteiger partial charge < -0.3 is 0 Å². The van der Waals surface area contributed by atoms with E-state index in [4.69, 9.17) is 0 Å². The summed E-state index contributed by atoms with van der Waals surface area (Å²) in [6.07, 6.45) is 3.15. The van der Waals surface area contributed by atoms with Gasteiger partial charge in [-0.2, -0.15) is 10.5 Å². The highest BCUT2D eigenvalue weighted by molar-refractivity contribution is 5.78. The van der Waals surface area contributed by atoms with Crippen molar-refractivity contribution >= 4 is 6.29 Å². The molecule has 24 heavy (non-hydrogen) atoms. The minimum atomic E-state index is -1.31. The molecule has 2 aromatic carbocycles. The van der Waals surface area contributed by atoms with Crippen LogP contribution in [0, 0.1) is 28.1 Å². The molecule has 3 rings (SSSR count). The van der Waals surface area contributed by atoms with E-state index < -0.39 is 11.3 Å². The van der Waals surface area contributed by atoms with Gasteiger partial charge in [-0.25, -0.2) is 0 Å². The van der Waals surface area contributed by atoms with Gasteiger partial charge in [0.25, 0.3) is 0 Å². The van der Waals surface area contributed by atoms with Crippen LogP contribution in [0.15, 0.2) is 72.3 Å². The molecule has 0 radical (unpaired) electrons. The molecule has 3 nitrogen and oxygen atoms in total. The standard InChI is InChI=1S/C21H16N2O/c22-14-21(15-23)19(16-7-3-1-4-8-16)12-11-18(13-24)20(21)17-9-5-2-6-10-17/h1-11,13,19-20H,12H2/t19-,20+/m0/s1. The summed E-state index contributed by atoms with van der Waals surface area (Å²) in [6.45, 7) is 0. The predicted octanol–water partition coefficient (Wildman–Crippen LogP) is 4.12. The second kappa shape index (κ2) is 6.52. The van der Waals surface area contributed by atoms with Crippen LogP contribution in [0.25, 0.3) is 0 Å². The van der Waals surface area contributed by atoms with E-state index >= 15 is 0 Å². The molecule has 0 saturated carbocycles. The third-order valence-corrected chi connectivity index (χ3v) is 4.77. The zero-order valence-corrected chi connectivity index (χ0v) is 13.1. The lowest BCUT2D eigenvalue weighted by Gasteiger charge is -2.39. The summed E-state index contributed by atoms with van der Waals surface area (Å²) in [7, 11) is 0. The quantitative estimate of drug-likeness (QED) is 0.801. The first kappa shape index (κ1) is 15.7. The molecule has 0 saturated heterocycles. The molecule has 1 aliphatic carbocycles. The van der Waals surface area contributed by atoms with Crippen LogP contribution in [-0.2, 0) is 4.79 Å². The van der Waals surface area contributed by atoms with Gasteiger partial charge >= 0.3 is 0 Å². The van der Waals surface area contributed by atoms with E-state index in [0.717, 1.165) is 17.4 Å². The first-order valence-electron chi connectivity index (χ1n) is 7.84. The van der Waals surface area contributed by atoms with Gasteiger partial charge in [0, 0.05) is 11.8 Å². The van der Waals surface area contributed by atoms with E-state index in [0.29, 0.717) is 12.0 Å².